The van der Waals surface area contributed by atoms with Gasteiger partial charge in [-0.05, 0) is 43.7 Å². The van der Waals surface area contributed by atoms with E-state index >= 15 is 0 Å². The molecule has 1 aliphatic rings. The summed E-state index contributed by atoms with van der Waals surface area (Å²) < 4.78 is 0.858. The Labute approximate surface area is 134 Å². The summed E-state index contributed by atoms with van der Waals surface area (Å²) in [6.45, 7) is 3.26. The van der Waals surface area contributed by atoms with Gasteiger partial charge in [0, 0.05) is 22.6 Å². The van der Waals surface area contributed by atoms with Crippen molar-refractivity contribution in [2.45, 2.75) is 51.5 Å². The summed E-state index contributed by atoms with van der Waals surface area (Å²) in [5.41, 5.74) is 1.32. The van der Waals surface area contributed by atoms with E-state index in [4.69, 9.17) is 0 Å². The average molecular weight is 355 g/mol. The number of nitrogens with zero attached hydrogens (tertiary/aromatic N) is 1. The maximum Gasteiger partial charge on any atom is 0.270 e. The number of hydrogen-bond donors (Lipinski definition) is 1. The fourth-order valence-electron chi connectivity index (χ4n) is 3.15. The molecule has 1 aliphatic carbocycles. The van der Waals surface area contributed by atoms with E-state index in [1.807, 2.05) is 6.07 Å². The molecule has 0 aliphatic heterocycles. The third kappa shape index (κ3) is 4.51. The van der Waals surface area contributed by atoms with Crippen LogP contribution in [0.1, 0.15) is 44.6 Å². The number of nitro groups is 1. The number of halogens is 1. The van der Waals surface area contributed by atoms with Crippen LogP contribution in [-0.2, 0) is 6.42 Å². The van der Waals surface area contributed by atoms with Gasteiger partial charge in [-0.3, -0.25) is 10.1 Å². The van der Waals surface area contributed by atoms with Gasteiger partial charge in [0.2, 0.25) is 0 Å². The standard InChI is InChI=1S/C16H23BrN2O2/c1-2-9-18-16-6-4-3-5-13(16)10-12-7-8-14(19(20)21)11-15(12)17/h7-8,11,13,16,18H,2-6,9-10H2,1H3. The zero-order valence-corrected chi connectivity index (χ0v) is 14.1. The second-order valence-electron chi connectivity index (χ2n) is 5.84. The van der Waals surface area contributed by atoms with Gasteiger partial charge in [0.25, 0.3) is 5.69 Å². The number of hydrogen-bond acceptors (Lipinski definition) is 3. The summed E-state index contributed by atoms with van der Waals surface area (Å²) in [5.74, 6) is 0.628. The van der Waals surface area contributed by atoms with E-state index in [0.29, 0.717) is 12.0 Å². The largest absolute Gasteiger partial charge is 0.314 e. The van der Waals surface area contributed by atoms with Crippen molar-refractivity contribution >= 4 is 21.6 Å². The minimum absolute atomic E-state index is 0.148. The van der Waals surface area contributed by atoms with Crippen molar-refractivity contribution in [3.8, 4) is 0 Å². The van der Waals surface area contributed by atoms with Gasteiger partial charge >= 0.3 is 0 Å². The van der Waals surface area contributed by atoms with E-state index < -0.39 is 0 Å². The molecular weight excluding hydrogens is 332 g/mol. The molecule has 0 spiro atoms. The van der Waals surface area contributed by atoms with E-state index in [2.05, 4.69) is 28.2 Å². The quantitative estimate of drug-likeness (QED) is 0.606. The van der Waals surface area contributed by atoms with Gasteiger partial charge in [-0.1, -0.05) is 41.8 Å². The summed E-state index contributed by atoms with van der Waals surface area (Å²) in [6.07, 6.45) is 7.23. The zero-order valence-electron chi connectivity index (χ0n) is 12.5. The molecule has 0 amide bonds. The van der Waals surface area contributed by atoms with Crippen LogP contribution in [0.2, 0.25) is 0 Å². The first-order valence-corrected chi connectivity index (χ1v) is 8.57. The number of nitro benzene ring substituents is 1. The topological polar surface area (TPSA) is 55.2 Å². The van der Waals surface area contributed by atoms with E-state index in [1.54, 1.807) is 12.1 Å². The molecule has 0 bridgehead atoms. The monoisotopic (exact) mass is 354 g/mol. The van der Waals surface area contributed by atoms with Crippen LogP contribution < -0.4 is 5.32 Å². The number of rotatable bonds is 6. The fraction of sp³-hybridized carbons (Fsp3) is 0.625. The van der Waals surface area contributed by atoms with E-state index in [-0.39, 0.29) is 10.6 Å². The molecule has 2 rings (SSSR count). The van der Waals surface area contributed by atoms with Crippen molar-refractivity contribution in [2.24, 2.45) is 5.92 Å². The first-order valence-electron chi connectivity index (χ1n) is 7.78. The second kappa shape index (κ2) is 7.90. The molecule has 0 saturated heterocycles. The van der Waals surface area contributed by atoms with Gasteiger partial charge in [-0.2, -0.15) is 0 Å². The Balaban J connectivity index is 2.06. The predicted molar refractivity (Wildman–Crippen MR) is 88.5 cm³/mol. The molecule has 1 aromatic rings. The van der Waals surface area contributed by atoms with Gasteiger partial charge < -0.3 is 5.32 Å². The van der Waals surface area contributed by atoms with E-state index in [0.717, 1.165) is 23.9 Å². The third-order valence-corrected chi connectivity index (χ3v) is 5.03. The van der Waals surface area contributed by atoms with Crippen LogP contribution in [0, 0.1) is 16.0 Å². The third-order valence-electron chi connectivity index (χ3n) is 4.30. The molecule has 1 aromatic carbocycles. The maximum absolute atomic E-state index is 10.8. The van der Waals surface area contributed by atoms with Crippen molar-refractivity contribution in [2.75, 3.05) is 6.54 Å². The minimum atomic E-state index is -0.346. The average Bonchev–Trinajstić information content (AvgIpc) is 2.48. The molecule has 116 valence electrons. The molecule has 0 heterocycles. The number of nitrogens with one attached hydrogen (secondary N) is 1. The first-order chi connectivity index (χ1) is 10.1. The molecule has 1 saturated carbocycles. The number of benzene rings is 1. The van der Waals surface area contributed by atoms with E-state index in [9.17, 15) is 10.1 Å². The highest BCUT2D eigenvalue weighted by Crippen LogP contribution is 2.31. The molecule has 0 aromatic heterocycles. The Morgan fingerprint density at radius 3 is 2.81 bits per heavy atom. The Morgan fingerprint density at radius 1 is 1.38 bits per heavy atom. The highest BCUT2D eigenvalue weighted by Gasteiger charge is 2.25. The van der Waals surface area contributed by atoms with Crippen molar-refractivity contribution in [1.82, 2.24) is 5.32 Å². The molecule has 1 N–H and O–H groups in total. The molecule has 4 nitrogen and oxygen atoms in total. The molecule has 21 heavy (non-hydrogen) atoms. The van der Waals surface area contributed by atoms with Crippen LogP contribution in [0.5, 0.6) is 0 Å². The highest BCUT2D eigenvalue weighted by molar-refractivity contribution is 9.10. The maximum atomic E-state index is 10.8. The lowest BCUT2D eigenvalue weighted by molar-refractivity contribution is -0.384. The van der Waals surface area contributed by atoms with Crippen molar-refractivity contribution in [1.29, 1.82) is 0 Å². The highest BCUT2D eigenvalue weighted by atomic mass is 79.9. The Morgan fingerprint density at radius 2 is 2.14 bits per heavy atom. The van der Waals surface area contributed by atoms with Gasteiger partial charge in [0.05, 0.1) is 4.92 Å². The molecule has 2 atom stereocenters. The Kier molecular flexibility index (Phi) is 6.18. The second-order valence-corrected chi connectivity index (χ2v) is 6.70. The van der Waals surface area contributed by atoms with Crippen LogP contribution in [0.4, 0.5) is 5.69 Å². The van der Waals surface area contributed by atoms with Gasteiger partial charge in [-0.25, -0.2) is 0 Å². The minimum Gasteiger partial charge on any atom is -0.314 e. The van der Waals surface area contributed by atoms with Gasteiger partial charge in [-0.15, -0.1) is 0 Å². The normalized spacial score (nSPS) is 22.2. The Bertz CT molecular complexity index is 493. The van der Waals surface area contributed by atoms with Crippen LogP contribution in [0.3, 0.4) is 0 Å². The van der Waals surface area contributed by atoms with Crippen LogP contribution >= 0.6 is 15.9 Å². The smallest absolute Gasteiger partial charge is 0.270 e. The molecular formula is C16H23BrN2O2. The van der Waals surface area contributed by atoms with Crippen LogP contribution in [-0.4, -0.2) is 17.5 Å². The molecule has 1 fully saturated rings. The fourth-order valence-corrected chi connectivity index (χ4v) is 3.68. The van der Waals surface area contributed by atoms with Crippen molar-refractivity contribution in [3.05, 3.63) is 38.3 Å². The summed E-state index contributed by atoms with van der Waals surface area (Å²) in [6, 6.07) is 5.71. The molecule has 5 heteroatoms. The van der Waals surface area contributed by atoms with Crippen molar-refractivity contribution in [3.63, 3.8) is 0 Å². The molecule has 2 unspecified atom stereocenters. The van der Waals surface area contributed by atoms with Gasteiger partial charge in [0.15, 0.2) is 0 Å². The van der Waals surface area contributed by atoms with E-state index in [1.165, 1.54) is 31.2 Å². The molecule has 0 radical (unpaired) electrons. The summed E-state index contributed by atoms with van der Waals surface area (Å²) in [4.78, 5) is 10.5. The predicted octanol–water partition coefficient (Wildman–Crippen LogP) is 4.46. The Hall–Kier alpha value is -0.940. The lowest BCUT2D eigenvalue weighted by Gasteiger charge is -2.32. The van der Waals surface area contributed by atoms with Crippen molar-refractivity contribution < 1.29 is 4.92 Å². The van der Waals surface area contributed by atoms with Gasteiger partial charge in [0.1, 0.15) is 0 Å². The summed E-state index contributed by atoms with van der Waals surface area (Å²) in [7, 11) is 0. The lowest BCUT2D eigenvalue weighted by Crippen LogP contribution is -2.39. The first kappa shape index (κ1) is 16.4. The van der Waals surface area contributed by atoms with Crippen LogP contribution in [0.25, 0.3) is 0 Å². The van der Waals surface area contributed by atoms with Crippen LogP contribution in [0.15, 0.2) is 22.7 Å². The zero-order chi connectivity index (χ0) is 15.2. The number of non-ortho nitro benzene ring substituents is 1. The lowest BCUT2D eigenvalue weighted by atomic mass is 9.80. The summed E-state index contributed by atoms with van der Waals surface area (Å²) >= 11 is 3.49. The SMILES string of the molecule is CCCNC1CCCCC1Cc1ccc([N+](=O)[O-])cc1Br. The summed E-state index contributed by atoms with van der Waals surface area (Å²) in [5, 5.41) is 14.5.